The van der Waals surface area contributed by atoms with Gasteiger partial charge in [0.15, 0.2) is 0 Å². The van der Waals surface area contributed by atoms with E-state index in [9.17, 15) is 12.8 Å². The van der Waals surface area contributed by atoms with Gasteiger partial charge in [0, 0.05) is 11.1 Å². The average Bonchev–Trinajstić information content (AvgIpc) is 2.29. The number of nitrogens with two attached hydrogens (primary N) is 1. The van der Waals surface area contributed by atoms with Crippen molar-refractivity contribution < 1.29 is 12.8 Å². The van der Waals surface area contributed by atoms with E-state index < -0.39 is 15.8 Å². The Kier molecular flexibility index (Phi) is 3.38. The number of hydrogen-bond acceptors (Lipinski definition) is 2. The van der Waals surface area contributed by atoms with Crippen LogP contribution in [-0.4, -0.2) is 8.42 Å². The van der Waals surface area contributed by atoms with Crippen LogP contribution < -0.4 is 5.14 Å². The molecule has 0 saturated carbocycles. The van der Waals surface area contributed by atoms with Crippen molar-refractivity contribution in [2.45, 2.75) is 4.90 Å². The van der Waals surface area contributed by atoms with Gasteiger partial charge in [-0.2, -0.15) is 0 Å². The summed E-state index contributed by atoms with van der Waals surface area (Å²) in [5.41, 5.74) is 0.522. The lowest BCUT2D eigenvalue weighted by Gasteiger charge is -2.09. The maximum Gasteiger partial charge on any atom is 0.239 e. The molecule has 0 heterocycles. The van der Waals surface area contributed by atoms with Crippen molar-refractivity contribution in [2.24, 2.45) is 5.14 Å². The molecule has 2 aromatic rings. The summed E-state index contributed by atoms with van der Waals surface area (Å²) in [6.07, 6.45) is 0. The van der Waals surface area contributed by atoms with E-state index in [1.807, 2.05) is 0 Å². The van der Waals surface area contributed by atoms with Gasteiger partial charge in [0.05, 0.1) is 5.02 Å². The van der Waals surface area contributed by atoms with E-state index in [2.05, 4.69) is 0 Å². The summed E-state index contributed by atoms with van der Waals surface area (Å²) in [6, 6.07) is 10.2. The molecular weight excluding hydrogens is 277 g/mol. The summed E-state index contributed by atoms with van der Waals surface area (Å²) in [4.78, 5) is -0.218. The Morgan fingerprint density at radius 3 is 2.22 bits per heavy atom. The number of rotatable bonds is 2. The van der Waals surface area contributed by atoms with Crippen LogP contribution in [0.5, 0.6) is 0 Å². The van der Waals surface area contributed by atoms with E-state index in [0.717, 1.165) is 0 Å². The minimum Gasteiger partial charge on any atom is -0.225 e. The van der Waals surface area contributed by atoms with E-state index >= 15 is 0 Å². The van der Waals surface area contributed by atoms with Crippen molar-refractivity contribution in [1.29, 1.82) is 0 Å². The van der Waals surface area contributed by atoms with Gasteiger partial charge < -0.3 is 0 Å². The molecule has 0 aliphatic carbocycles. The minimum atomic E-state index is -3.93. The lowest BCUT2D eigenvalue weighted by Crippen LogP contribution is -2.12. The largest absolute Gasteiger partial charge is 0.239 e. The number of hydrogen-bond donors (Lipinski definition) is 1. The van der Waals surface area contributed by atoms with Crippen LogP contribution in [0, 0.1) is 5.82 Å². The van der Waals surface area contributed by atoms with Crippen molar-refractivity contribution in [3.63, 3.8) is 0 Å². The summed E-state index contributed by atoms with van der Waals surface area (Å²) >= 11 is 5.97. The first-order valence-corrected chi connectivity index (χ1v) is 6.90. The Bertz CT molecular complexity index is 701. The molecule has 0 amide bonds. The van der Waals surface area contributed by atoms with Crippen LogP contribution in [0.4, 0.5) is 4.39 Å². The number of halogens is 2. The van der Waals surface area contributed by atoms with Crippen LogP contribution in [0.3, 0.4) is 0 Å². The molecule has 3 nitrogen and oxygen atoms in total. The van der Waals surface area contributed by atoms with Gasteiger partial charge in [-0.1, -0.05) is 41.9 Å². The van der Waals surface area contributed by atoms with Crippen LogP contribution in [-0.2, 0) is 10.0 Å². The van der Waals surface area contributed by atoms with Gasteiger partial charge >= 0.3 is 0 Å². The van der Waals surface area contributed by atoms with Crippen LogP contribution in [0.1, 0.15) is 0 Å². The zero-order valence-corrected chi connectivity index (χ0v) is 10.7. The van der Waals surface area contributed by atoms with Crippen LogP contribution in [0.25, 0.3) is 11.1 Å². The van der Waals surface area contributed by atoms with Gasteiger partial charge in [-0.25, -0.2) is 17.9 Å². The van der Waals surface area contributed by atoms with Crippen LogP contribution >= 0.6 is 11.6 Å². The van der Waals surface area contributed by atoms with Gasteiger partial charge in [0.25, 0.3) is 0 Å². The van der Waals surface area contributed by atoms with E-state index in [0.29, 0.717) is 5.56 Å². The molecule has 0 unspecified atom stereocenters. The fourth-order valence-corrected chi connectivity index (χ4v) is 2.80. The maximum absolute atomic E-state index is 13.6. The number of benzene rings is 2. The lowest BCUT2D eigenvalue weighted by molar-refractivity contribution is 0.597. The predicted molar refractivity (Wildman–Crippen MR) is 68.2 cm³/mol. The summed E-state index contributed by atoms with van der Waals surface area (Å²) in [5, 5.41) is 4.96. The first-order chi connectivity index (χ1) is 8.41. The molecule has 0 aromatic heterocycles. The molecule has 0 spiro atoms. The molecule has 0 saturated heterocycles. The highest BCUT2D eigenvalue weighted by Gasteiger charge is 2.17. The Hall–Kier alpha value is -1.43. The zero-order chi connectivity index (χ0) is 13.3. The van der Waals surface area contributed by atoms with Crippen molar-refractivity contribution in [1.82, 2.24) is 0 Å². The van der Waals surface area contributed by atoms with E-state index in [1.165, 1.54) is 36.4 Å². The first-order valence-electron chi connectivity index (χ1n) is 4.97. The predicted octanol–water partition coefficient (Wildman–Crippen LogP) is 2.79. The van der Waals surface area contributed by atoms with Gasteiger partial charge in [0.2, 0.25) is 10.0 Å². The quantitative estimate of drug-likeness (QED) is 0.922. The maximum atomic E-state index is 13.6. The molecule has 0 aliphatic heterocycles. The molecule has 94 valence electrons. The molecule has 0 radical (unpaired) electrons. The second kappa shape index (κ2) is 4.68. The van der Waals surface area contributed by atoms with Gasteiger partial charge in [-0.15, -0.1) is 0 Å². The van der Waals surface area contributed by atoms with Crippen molar-refractivity contribution in [3.05, 3.63) is 53.3 Å². The molecular formula is C12H9ClFNO2S. The standard InChI is InChI=1S/C12H9ClFNO2S/c13-12-9(8-4-1-2-6-10(8)14)5-3-7-11(12)18(15,16)17/h1-7H,(H2,15,16,17). The molecule has 6 heteroatoms. The normalized spacial score (nSPS) is 11.5. The summed E-state index contributed by atoms with van der Waals surface area (Å²) in [5.74, 6) is -0.481. The fraction of sp³-hybridized carbons (Fsp3) is 0. The fourth-order valence-electron chi connectivity index (χ4n) is 1.62. The highest BCUT2D eigenvalue weighted by atomic mass is 35.5. The molecule has 0 fully saturated rings. The molecule has 0 aliphatic rings. The topological polar surface area (TPSA) is 60.2 Å². The average molecular weight is 286 g/mol. The number of primary sulfonamides is 1. The lowest BCUT2D eigenvalue weighted by atomic mass is 10.1. The molecule has 2 rings (SSSR count). The highest BCUT2D eigenvalue weighted by molar-refractivity contribution is 7.89. The Balaban J connectivity index is 2.72. The van der Waals surface area contributed by atoms with Gasteiger partial charge in [-0.05, 0) is 12.1 Å². The zero-order valence-electron chi connectivity index (χ0n) is 9.10. The molecule has 0 bridgehead atoms. The smallest absolute Gasteiger partial charge is 0.225 e. The number of sulfonamides is 1. The second-order valence-corrected chi connectivity index (χ2v) is 5.55. The molecule has 2 aromatic carbocycles. The monoisotopic (exact) mass is 285 g/mol. The SMILES string of the molecule is NS(=O)(=O)c1cccc(-c2ccccc2F)c1Cl. The van der Waals surface area contributed by atoms with Crippen molar-refractivity contribution in [2.75, 3.05) is 0 Å². The third-order valence-electron chi connectivity index (χ3n) is 2.43. The first kappa shape index (κ1) is 13.0. The molecule has 0 atom stereocenters. The second-order valence-electron chi connectivity index (χ2n) is 3.64. The van der Waals surface area contributed by atoms with Gasteiger partial charge in [0.1, 0.15) is 10.7 Å². The summed E-state index contributed by atoms with van der Waals surface area (Å²) < 4.78 is 36.3. The third-order valence-corrected chi connectivity index (χ3v) is 3.91. The van der Waals surface area contributed by atoms with Crippen LogP contribution in [0.15, 0.2) is 47.4 Å². The highest BCUT2D eigenvalue weighted by Crippen LogP contribution is 2.33. The summed E-state index contributed by atoms with van der Waals surface area (Å²) in [7, 11) is -3.93. The summed E-state index contributed by atoms with van der Waals surface area (Å²) in [6.45, 7) is 0. The molecule has 18 heavy (non-hydrogen) atoms. The Morgan fingerprint density at radius 2 is 1.61 bits per heavy atom. The van der Waals surface area contributed by atoms with E-state index in [1.54, 1.807) is 6.07 Å². The van der Waals surface area contributed by atoms with Crippen molar-refractivity contribution >= 4 is 21.6 Å². The Labute approximate surface area is 109 Å². The van der Waals surface area contributed by atoms with Gasteiger partial charge in [-0.3, -0.25) is 0 Å². The van der Waals surface area contributed by atoms with Crippen LogP contribution in [0.2, 0.25) is 5.02 Å². The van der Waals surface area contributed by atoms with E-state index in [-0.39, 0.29) is 15.5 Å². The third kappa shape index (κ3) is 2.38. The Morgan fingerprint density at radius 1 is 1.00 bits per heavy atom. The molecule has 2 N–H and O–H groups in total. The minimum absolute atomic E-state index is 0.0786. The van der Waals surface area contributed by atoms with E-state index in [4.69, 9.17) is 16.7 Å². The van der Waals surface area contributed by atoms with Crippen molar-refractivity contribution in [3.8, 4) is 11.1 Å².